The molecule has 154 valence electrons. The Morgan fingerprint density at radius 3 is 2.80 bits per heavy atom. The van der Waals surface area contributed by atoms with E-state index in [1.807, 2.05) is 53.3 Å². The van der Waals surface area contributed by atoms with E-state index in [1.54, 1.807) is 18.0 Å². The number of Topliss-reactive ketones (excluding diaryl/α,β-unsaturated/α-hetero) is 1. The quantitative estimate of drug-likeness (QED) is 0.338. The summed E-state index contributed by atoms with van der Waals surface area (Å²) in [6, 6.07) is 13.6. The molecule has 0 aliphatic rings. The maximum atomic E-state index is 12.7. The SMILES string of the molecule is CCc1cccc2c(C(=O)COC(=O)Cn3c(CSC)nc4ccccc43)c[nH]c12. The molecule has 0 amide bonds. The number of ketones is 1. The second-order valence-corrected chi connectivity index (χ2v) is 7.88. The maximum Gasteiger partial charge on any atom is 0.326 e. The fourth-order valence-corrected chi connectivity index (χ4v) is 4.16. The first-order valence-electron chi connectivity index (χ1n) is 9.83. The van der Waals surface area contributed by atoms with Crippen LogP contribution in [0.2, 0.25) is 0 Å². The number of thioether (sulfide) groups is 1. The van der Waals surface area contributed by atoms with Crippen LogP contribution in [0.25, 0.3) is 21.9 Å². The number of para-hydroxylation sites is 3. The first-order valence-corrected chi connectivity index (χ1v) is 11.2. The summed E-state index contributed by atoms with van der Waals surface area (Å²) in [6.45, 7) is 1.81. The largest absolute Gasteiger partial charge is 0.456 e. The Morgan fingerprint density at radius 2 is 2.00 bits per heavy atom. The zero-order chi connectivity index (χ0) is 21.1. The lowest BCUT2D eigenvalue weighted by molar-refractivity contribution is -0.143. The standard InChI is InChI=1S/C23H23N3O3S/c1-3-15-7-6-8-16-17(11-24-23(15)16)20(27)13-29-22(28)12-26-19-10-5-4-9-18(19)25-21(26)14-30-2/h4-11,24H,3,12-14H2,1-2H3. The number of benzene rings is 2. The van der Waals surface area contributed by atoms with Crippen molar-refractivity contribution in [3.05, 3.63) is 65.6 Å². The van der Waals surface area contributed by atoms with Gasteiger partial charge in [0.15, 0.2) is 6.61 Å². The van der Waals surface area contributed by atoms with Crippen LogP contribution in [0.3, 0.4) is 0 Å². The molecule has 1 N–H and O–H groups in total. The van der Waals surface area contributed by atoms with Gasteiger partial charge in [-0.15, -0.1) is 0 Å². The molecule has 2 aromatic heterocycles. The number of imidazole rings is 1. The zero-order valence-electron chi connectivity index (χ0n) is 17.0. The van der Waals surface area contributed by atoms with E-state index in [0.29, 0.717) is 11.3 Å². The number of nitrogens with one attached hydrogen (secondary N) is 1. The van der Waals surface area contributed by atoms with Gasteiger partial charge in [0.1, 0.15) is 12.4 Å². The van der Waals surface area contributed by atoms with Gasteiger partial charge in [-0.3, -0.25) is 9.59 Å². The van der Waals surface area contributed by atoms with E-state index >= 15 is 0 Å². The molecule has 0 aliphatic carbocycles. The molecule has 0 aliphatic heterocycles. The molecule has 2 aromatic carbocycles. The third-order valence-corrected chi connectivity index (χ3v) is 5.69. The van der Waals surface area contributed by atoms with Crippen molar-refractivity contribution in [2.45, 2.75) is 25.6 Å². The van der Waals surface area contributed by atoms with Gasteiger partial charge in [0.25, 0.3) is 0 Å². The predicted octanol–water partition coefficient (Wildman–Crippen LogP) is 4.37. The molecule has 2 heterocycles. The second-order valence-electron chi connectivity index (χ2n) is 7.02. The Balaban J connectivity index is 1.48. The van der Waals surface area contributed by atoms with Gasteiger partial charge >= 0.3 is 5.97 Å². The second kappa shape index (κ2) is 8.75. The van der Waals surface area contributed by atoms with Crippen LogP contribution in [-0.4, -0.2) is 39.2 Å². The van der Waals surface area contributed by atoms with Crippen molar-refractivity contribution < 1.29 is 14.3 Å². The Bertz CT molecular complexity index is 1230. The van der Waals surface area contributed by atoms with Gasteiger partial charge in [0.05, 0.1) is 16.8 Å². The summed E-state index contributed by atoms with van der Waals surface area (Å²) >= 11 is 1.64. The number of aromatic nitrogens is 3. The predicted molar refractivity (Wildman–Crippen MR) is 120 cm³/mol. The van der Waals surface area contributed by atoms with E-state index in [9.17, 15) is 9.59 Å². The number of fused-ring (bicyclic) bond motifs is 2. The van der Waals surface area contributed by atoms with Crippen molar-refractivity contribution in [2.75, 3.05) is 12.9 Å². The maximum absolute atomic E-state index is 12.7. The molecule has 0 radical (unpaired) electrons. The number of hydrogen-bond acceptors (Lipinski definition) is 5. The molecule has 4 rings (SSSR count). The van der Waals surface area contributed by atoms with Crippen molar-refractivity contribution in [3.63, 3.8) is 0 Å². The molecule has 0 saturated carbocycles. The average Bonchev–Trinajstić information content (AvgIpc) is 3.34. The van der Waals surface area contributed by atoms with Crippen LogP contribution < -0.4 is 0 Å². The number of ether oxygens (including phenoxy) is 1. The number of aryl methyl sites for hydroxylation is 1. The monoisotopic (exact) mass is 421 g/mol. The van der Waals surface area contributed by atoms with Crippen LogP contribution in [0, 0.1) is 0 Å². The van der Waals surface area contributed by atoms with Gasteiger partial charge in [-0.1, -0.05) is 37.3 Å². The molecule has 0 atom stereocenters. The number of rotatable bonds is 8. The van der Waals surface area contributed by atoms with Crippen LogP contribution >= 0.6 is 11.8 Å². The first kappa shape index (κ1) is 20.2. The fourth-order valence-electron chi connectivity index (χ4n) is 3.68. The Hall–Kier alpha value is -3.06. The molecule has 0 fully saturated rings. The number of aromatic amines is 1. The van der Waals surface area contributed by atoms with E-state index in [2.05, 4.69) is 16.9 Å². The number of H-pyrrole nitrogens is 1. The summed E-state index contributed by atoms with van der Waals surface area (Å²) < 4.78 is 7.19. The Labute approximate surface area is 178 Å². The van der Waals surface area contributed by atoms with Crippen LogP contribution in [0.5, 0.6) is 0 Å². The number of carbonyl (C=O) groups is 2. The van der Waals surface area contributed by atoms with E-state index < -0.39 is 5.97 Å². The smallest absolute Gasteiger partial charge is 0.326 e. The van der Waals surface area contributed by atoms with E-state index in [1.165, 1.54) is 0 Å². The van der Waals surface area contributed by atoms with Crippen LogP contribution in [-0.2, 0) is 28.2 Å². The lowest BCUT2D eigenvalue weighted by atomic mass is 10.1. The van der Waals surface area contributed by atoms with Gasteiger partial charge < -0.3 is 14.3 Å². The van der Waals surface area contributed by atoms with E-state index in [0.717, 1.165) is 39.7 Å². The van der Waals surface area contributed by atoms with Gasteiger partial charge in [-0.2, -0.15) is 11.8 Å². The topological polar surface area (TPSA) is 77.0 Å². The highest BCUT2D eigenvalue weighted by atomic mass is 32.2. The van der Waals surface area contributed by atoms with Crippen molar-refractivity contribution in [1.82, 2.24) is 14.5 Å². The summed E-state index contributed by atoms with van der Waals surface area (Å²) in [5.41, 5.74) is 4.38. The molecule has 0 saturated heterocycles. The van der Waals surface area contributed by atoms with Crippen molar-refractivity contribution in [3.8, 4) is 0 Å². The summed E-state index contributed by atoms with van der Waals surface area (Å²) in [5, 5.41) is 0.859. The lowest BCUT2D eigenvalue weighted by Gasteiger charge is -2.09. The minimum absolute atomic E-state index is 0.0254. The fraction of sp³-hybridized carbons (Fsp3) is 0.261. The average molecular weight is 422 g/mol. The minimum atomic E-state index is -0.456. The number of carbonyl (C=O) groups excluding carboxylic acids is 2. The van der Waals surface area contributed by atoms with Crippen LogP contribution in [0.15, 0.2) is 48.7 Å². The van der Waals surface area contributed by atoms with Gasteiger partial charge in [0, 0.05) is 22.7 Å². The van der Waals surface area contributed by atoms with Crippen LogP contribution in [0.1, 0.15) is 28.7 Å². The van der Waals surface area contributed by atoms with Crippen LogP contribution in [0.4, 0.5) is 0 Å². The lowest BCUT2D eigenvalue weighted by Crippen LogP contribution is -2.19. The summed E-state index contributed by atoms with van der Waals surface area (Å²) in [7, 11) is 0. The summed E-state index contributed by atoms with van der Waals surface area (Å²) in [5.74, 6) is 0.831. The zero-order valence-corrected chi connectivity index (χ0v) is 17.8. The molecule has 4 aromatic rings. The Kier molecular flexibility index (Phi) is 5.90. The highest BCUT2D eigenvalue weighted by Gasteiger charge is 2.18. The first-order chi connectivity index (χ1) is 14.6. The van der Waals surface area contributed by atoms with Gasteiger partial charge in [-0.25, -0.2) is 4.98 Å². The highest BCUT2D eigenvalue weighted by Crippen LogP contribution is 2.23. The molecule has 0 bridgehead atoms. The van der Waals surface area contributed by atoms with E-state index in [4.69, 9.17) is 4.74 Å². The molecule has 6 nitrogen and oxygen atoms in total. The molecular weight excluding hydrogens is 398 g/mol. The Morgan fingerprint density at radius 1 is 1.17 bits per heavy atom. The summed E-state index contributed by atoms with van der Waals surface area (Å²) in [6.07, 6.45) is 4.56. The third-order valence-electron chi connectivity index (χ3n) is 5.14. The highest BCUT2D eigenvalue weighted by molar-refractivity contribution is 7.97. The summed E-state index contributed by atoms with van der Waals surface area (Å²) in [4.78, 5) is 33.0. The minimum Gasteiger partial charge on any atom is -0.456 e. The molecule has 0 unspecified atom stereocenters. The third kappa shape index (κ3) is 3.85. The molecule has 7 heteroatoms. The number of hydrogen-bond donors (Lipinski definition) is 1. The van der Waals surface area contributed by atoms with E-state index in [-0.39, 0.29) is 18.9 Å². The molecule has 0 spiro atoms. The normalized spacial score (nSPS) is 11.3. The number of esters is 1. The van der Waals surface area contributed by atoms with Crippen molar-refractivity contribution in [1.29, 1.82) is 0 Å². The molecule has 30 heavy (non-hydrogen) atoms. The van der Waals surface area contributed by atoms with Gasteiger partial charge in [0.2, 0.25) is 5.78 Å². The van der Waals surface area contributed by atoms with Crippen molar-refractivity contribution in [2.24, 2.45) is 0 Å². The molecular formula is C23H23N3O3S. The number of nitrogens with zero attached hydrogens (tertiary/aromatic N) is 2. The van der Waals surface area contributed by atoms with Gasteiger partial charge in [-0.05, 0) is 30.4 Å². The van der Waals surface area contributed by atoms with Crippen molar-refractivity contribution >= 4 is 45.5 Å².